The molecule has 1 aromatic carbocycles. The lowest BCUT2D eigenvalue weighted by atomic mass is 10.2. The van der Waals surface area contributed by atoms with Crippen LogP contribution in [-0.4, -0.2) is 29.2 Å². The van der Waals surface area contributed by atoms with Crippen LogP contribution in [0.5, 0.6) is 0 Å². The van der Waals surface area contributed by atoms with E-state index < -0.39 is 11.7 Å². The van der Waals surface area contributed by atoms with Crippen LogP contribution in [0.1, 0.15) is 39.5 Å². The van der Waals surface area contributed by atoms with Gasteiger partial charge in [-0.2, -0.15) is 0 Å². The number of hydrogen-bond donors (Lipinski definition) is 1. The number of benzene rings is 1. The molecule has 130 valence electrons. The summed E-state index contributed by atoms with van der Waals surface area (Å²) in [5, 5.41) is 2.59. The number of aromatic nitrogens is 1. The van der Waals surface area contributed by atoms with Crippen molar-refractivity contribution in [3.8, 4) is 0 Å². The lowest BCUT2D eigenvalue weighted by Crippen LogP contribution is -2.33. The van der Waals surface area contributed by atoms with Crippen molar-refractivity contribution in [1.29, 1.82) is 0 Å². The second-order valence-electron chi connectivity index (χ2n) is 6.27. The number of ether oxygens (including phenoxy) is 2. The van der Waals surface area contributed by atoms with Crippen molar-refractivity contribution in [2.45, 2.75) is 45.8 Å². The van der Waals surface area contributed by atoms with Crippen molar-refractivity contribution >= 4 is 23.2 Å². The van der Waals surface area contributed by atoms with Gasteiger partial charge >= 0.3 is 12.1 Å². The fourth-order valence-corrected chi connectivity index (χ4v) is 1.93. The van der Waals surface area contributed by atoms with Crippen LogP contribution in [0.3, 0.4) is 0 Å². The average Bonchev–Trinajstić information content (AvgIpc) is 2.90. The highest BCUT2D eigenvalue weighted by molar-refractivity contribution is 5.72. The normalized spacial score (nSPS) is 11.3. The first kappa shape index (κ1) is 17.8. The first-order valence-corrected chi connectivity index (χ1v) is 7.80. The Morgan fingerprint density at radius 3 is 2.71 bits per heavy atom. The molecule has 0 saturated heterocycles. The molecule has 0 saturated carbocycles. The number of nitrogens with zero attached hydrogens (tertiary/aromatic N) is 1. The number of carbonyl (C=O) groups is 2. The molecule has 0 aliphatic rings. The summed E-state index contributed by atoms with van der Waals surface area (Å²) < 4.78 is 15.7. The Bertz CT molecular complexity index is 669. The number of oxazole rings is 1. The van der Waals surface area contributed by atoms with Gasteiger partial charge in [-0.3, -0.25) is 4.79 Å². The van der Waals surface area contributed by atoms with Crippen LogP contribution in [0.2, 0.25) is 0 Å². The van der Waals surface area contributed by atoms with Crippen LogP contribution in [0.25, 0.3) is 11.1 Å². The van der Waals surface area contributed by atoms with Gasteiger partial charge in [0, 0.05) is 13.0 Å². The third-order valence-electron chi connectivity index (χ3n) is 2.92. The summed E-state index contributed by atoms with van der Waals surface area (Å²) in [5.41, 5.74) is 0.845. The minimum Gasteiger partial charge on any atom is -0.456 e. The predicted molar refractivity (Wildman–Crippen MR) is 87.3 cm³/mol. The molecule has 24 heavy (non-hydrogen) atoms. The number of rotatable bonds is 6. The smallest absolute Gasteiger partial charge is 0.407 e. The van der Waals surface area contributed by atoms with E-state index in [0.717, 1.165) is 5.52 Å². The quantitative estimate of drug-likeness (QED) is 0.644. The van der Waals surface area contributed by atoms with Crippen molar-refractivity contribution in [1.82, 2.24) is 10.3 Å². The zero-order valence-electron chi connectivity index (χ0n) is 14.1. The molecule has 2 rings (SSSR count). The molecule has 0 aliphatic heterocycles. The number of esters is 1. The number of nitrogens with one attached hydrogen (secondary N) is 1. The van der Waals surface area contributed by atoms with Crippen molar-refractivity contribution in [2.24, 2.45) is 0 Å². The highest BCUT2D eigenvalue weighted by Gasteiger charge is 2.15. The van der Waals surface area contributed by atoms with Gasteiger partial charge in [0.1, 0.15) is 11.1 Å². The molecule has 0 bridgehead atoms. The highest BCUT2D eigenvalue weighted by Crippen LogP contribution is 2.15. The first-order chi connectivity index (χ1) is 11.3. The molecule has 0 aliphatic carbocycles. The monoisotopic (exact) mass is 334 g/mol. The van der Waals surface area contributed by atoms with Crippen LogP contribution in [0.15, 0.2) is 28.7 Å². The van der Waals surface area contributed by atoms with E-state index in [1.54, 1.807) is 26.8 Å². The minimum absolute atomic E-state index is 0.00694. The van der Waals surface area contributed by atoms with Gasteiger partial charge < -0.3 is 19.2 Å². The number of alkyl carbamates (subject to hydrolysis) is 1. The van der Waals surface area contributed by atoms with Gasteiger partial charge in [0.15, 0.2) is 12.2 Å². The fraction of sp³-hybridized carbons (Fsp3) is 0.471. The molecular formula is C17H22N2O5. The van der Waals surface area contributed by atoms with Crippen molar-refractivity contribution in [3.05, 3.63) is 30.2 Å². The molecule has 1 heterocycles. The van der Waals surface area contributed by atoms with Gasteiger partial charge in [-0.15, -0.1) is 0 Å². The topological polar surface area (TPSA) is 90.7 Å². The maximum Gasteiger partial charge on any atom is 0.407 e. The van der Waals surface area contributed by atoms with E-state index in [1.165, 1.54) is 0 Å². The van der Waals surface area contributed by atoms with E-state index >= 15 is 0 Å². The molecular weight excluding hydrogens is 312 g/mol. The SMILES string of the molecule is CC(C)(C)OC(=O)NCCCC(=O)OCc1nc2ccccc2o1. The third-order valence-corrected chi connectivity index (χ3v) is 2.92. The summed E-state index contributed by atoms with van der Waals surface area (Å²) in [6.07, 6.45) is 0.157. The Morgan fingerprint density at radius 1 is 1.25 bits per heavy atom. The summed E-state index contributed by atoms with van der Waals surface area (Å²) >= 11 is 0. The number of carbonyl (C=O) groups excluding carboxylic acids is 2. The number of amides is 1. The van der Waals surface area contributed by atoms with Crippen LogP contribution in [0.4, 0.5) is 4.79 Å². The lowest BCUT2D eigenvalue weighted by molar-refractivity contribution is -0.145. The molecule has 0 unspecified atom stereocenters. The summed E-state index contributed by atoms with van der Waals surface area (Å²) in [6, 6.07) is 7.34. The predicted octanol–water partition coefficient (Wildman–Crippen LogP) is 3.18. The molecule has 0 atom stereocenters. The zero-order chi connectivity index (χ0) is 17.6. The number of fused-ring (bicyclic) bond motifs is 1. The Morgan fingerprint density at radius 2 is 2.00 bits per heavy atom. The molecule has 7 heteroatoms. The molecule has 7 nitrogen and oxygen atoms in total. The Labute approximate surface area is 140 Å². The van der Waals surface area contributed by atoms with Crippen LogP contribution in [-0.2, 0) is 20.9 Å². The fourth-order valence-electron chi connectivity index (χ4n) is 1.93. The van der Waals surface area contributed by atoms with E-state index in [2.05, 4.69) is 10.3 Å². The van der Waals surface area contributed by atoms with Crippen molar-refractivity contribution in [2.75, 3.05) is 6.54 Å². The number of para-hydroxylation sites is 2. The van der Waals surface area contributed by atoms with E-state index in [1.807, 2.05) is 18.2 Å². The maximum absolute atomic E-state index is 11.7. The first-order valence-electron chi connectivity index (χ1n) is 7.80. The minimum atomic E-state index is -0.539. The summed E-state index contributed by atoms with van der Waals surface area (Å²) in [4.78, 5) is 27.3. The second kappa shape index (κ2) is 7.81. The Hall–Kier alpha value is -2.57. The largest absolute Gasteiger partial charge is 0.456 e. The third kappa shape index (κ3) is 5.91. The maximum atomic E-state index is 11.7. The van der Waals surface area contributed by atoms with Crippen molar-refractivity contribution < 1.29 is 23.5 Å². The van der Waals surface area contributed by atoms with Crippen LogP contribution in [0, 0.1) is 0 Å². The molecule has 0 fully saturated rings. The molecule has 1 N–H and O–H groups in total. The summed E-state index contributed by atoms with van der Waals surface area (Å²) in [7, 11) is 0. The molecule has 0 spiro atoms. The summed E-state index contributed by atoms with van der Waals surface area (Å²) in [5.74, 6) is -0.0142. The van der Waals surface area contributed by atoms with Crippen LogP contribution < -0.4 is 5.32 Å². The molecule has 1 amide bonds. The average molecular weight is 334 g/mol. The van der Waals surface area contributed by atoms with Gasteiger partial charge in [-0.25, -0.2) is 9.78 Å². The highest BCUT2D eigenvalue weighted by atomic mass is 16.6. The summed E-state index contributed by atoms with van der Waals surface area (Å²) in [6.45, 7) is 5.70. The number of hydrogen-bond acceptors (Lipinski definition) is 6. The lowest BCUT2D eigenvalue weighted by Gasteiger charge is -2.19. The van der Waals surface area contributed by atoms with Gasteiger partial charge in [-0.05, 0) is 39.3 Å². The molecule has 0 radical (unpaired) electrons. The zero-order valence-corrected chi connectivity index (χ0v) is 14.1. The van der Waals surface area contributed by atoms with Gasteiger partial charge in [0.2, 0.25) is 5.89 Å². The van der Waals surface area contributed by atoms with Crippen molar-refractivity contribution in [3.63, 3.8) is 0 Å². The van der Waals surface area contributed by atoms with Gasteiger partial charge in [-0.1, -0.05) is 12.1 Å². The Balaban J connectivity index is 1.64. The second-order valence-corrected chi connectivity index (χ2v) is 6.27. The van der Waals surface area contributed by atoms with E-state index in [0.29, 0.717) is 24.4 Å². The Kier molecular flexibility index (Phi) is 5.78. The van der Waals surface area contributed by atoms with E-state index in [9.17, 15) is 9.59 Å². The van der Waals surface area contributed by atoms with Crippen LogP contribution >= 0.6 is 0 Å². The molecule has 2 aromatic rings. The van der Waals surface area contributed by atoms with Gasteiger partial charge in [0.05, 0.1) is 0 Å². The van der Waals surface area contributed by atoms with Gasteiger partial charge in [0.25, 0.3) is 0 Å². The standard InChI is InChI=1S/C17H22N2O5/c1-17(2,3)24-16(21)18-10-6-9-15(20)22-11-14-19-12-7-4-5-8-13(12)23-14/h4-5,7-8H,6,9-11H2,1-3H3,(H,18,21). The van der Waals surface area contributed by atoms with E-state index in [-0.39, 0.29) is 19.0 Å². The molecule has 1 aromatic heterocycles. The van der Waals surface area contributed by atoms with E-state index in [4.69, 9.17) is 13.9 Å².